The van der Waals surface area contributed by atoms with E-state index >= 15 is 9.59 Å². The number of ether oxygens (including phenoxy) is 6. The SMILES string of the molecule is [2H]C([2H])([2H])O[C@H]1C[C@H]2CC[C@@]2(OC(C)=O)[C@H]2[C@H](OC(=O)c3ccccc3)[C@]3(O)C[C@H](OC(=O)[C@H](OC(=O)C(C)N)[C@@H](NC(=O)OC(C([2H])([2H])[2H])(C([2H])([2H])[2H])C([2H])([2H])[2H])c4ccccc4)C(C)=C([C@@H](C)C(=O)[C@]12C)C3(C)C. The van der Waals surface area contributed by atoms with Gasteiger partial charge >= 0.3 is 30.0 Å². The number of Topliss-reactive ketones (excluding diaryl/α,β-unsaturated/α-hetero) is 1. The van der Waals surface area contributed by atoms with E-state index in [4.69, 9.17) is 50.6 Å². The van der Waals surface area contributed by atoms with Gasteiger partial charge in [-0.2, -0.15) is 0 Å². The first kappa shape index (κ1) is 34.3. The molecule has 15 heteroatoms. The molecule has 2 aromatic rings. The van der Waals surface area contributed by atoms with E-state index in [0.29, 0.717) is 6.42 Å². The summed E-state index contributed by atoms with van der Waals surface area (Å²) in [6.07, 6.45) is -9.81. The van der Waals surface area contributed by atoms with Gasteiger partial charge in [-0.15, -0.1) is 0 Å². The van der Waals surface area contributed by atoms with E-state index in [0.717, 1.165) is 6.92 Å². The molecule has 0 saturated heterocycles. The lowest BCUT2D eigenvalue weighted by molar-refractivity contribution is -0.297. The Balaban J connectivity index is 1.56. The molecule has 2 bridgehead atoms. The van der Waals surface area contributed by atoms with Crippen LogP contribution in [0.2, 0.25) is 0 Å². The van der Waals surface area contributed by atoms with Gasteiger partial charge in [-0.05, 0) is 89.4 Å². The van der Waals surface area contributed by atoms with Crippen molar-refractivity contribution in [1.29, 1.82) is 0 Å². The van der Waals surface area contributed by atoms with Crippen LogP contribution in [0.25, 0.3) is 0 Å². The number of nitrogens with two attached hydrogens (primary N) is 1. The van der Waals surface area contributed by atoms with Gasteiger partial charge in [0.15, 0.2) is 0 Å². The number of carbonyl (C=O) groups excluding carboxylic acids is 6. The fourth-order valence-corrected chi connectivity index (χ4v) is 10.9. The second kappa shape index (κ2) is 17.7. The fourth-order valence-electron chi connectivity index (χ4n) is 10.9. The molecule has 348 valence electrons. The summed E-state index contributed by atoms with van der Waals surface area (Å²) in [5.74, 6) is -8.83. The summed E-state index contributed by atoms with van der Waals surface area (Å²) in [7, 11) is -3.08. The van der Waals surface area contributed by atoms with Crippen LogP contribution in [0.1, 0.15) is 133 Å². The number of hydrogen-bond donors (Lipinski definition) is 3. The number of rotatable bonds is 11. The molecule has 3 saturated carbocycles. The number of carbonyl (C=O) groups is 6. The number of alkyl carbamates (subject to hydrolysis) is 1. The highest BCUT2D eigenvalue weighted by Crippen LogP contribution is 2.68. The first-order valence-electron chi connectivity index (χ1n) is 27.1. The average molecular weight is 901 g/mol. The summed E-state index contributed by atoms with van der Waals surface area (Å²) in [4.78, 5) is 86.3. The Morgan fingerprint density at radius 3 is 2.17 bits per heavy atom. The van der Waals surface area contributed by atoms with E-state index in [-0.39, 0.29) is 35.1 Å². The van der Waals surface area contributed by atoms with Crippen LogP contribution in [0.5, 0.6) is 0 Å². The number of aliphatic hydroxyl groups is 1. The predicted molar refractivity (Wildman–Crippen MR) is 232 cm³/mol. The maximum Gasteiger partial charge on any atom is 0.408 e. The third kappa shape index (κ3) is 8.46. The van der Waals surface area contributed by atoms with Crippen LogP contribution in [0, 0.1) is 28.6 Å². The zero-order chi connectivity index (χ0) is 57.3. The first-order valence-corrected chi connectivity index (χ1v) is 21.1. The topological polar surface area (TPSA) is 216 Å². The maximum absolute atomic E-state index is 15.9. The molecule has 1 amide bonds. The quantitative estimate of drug-likeness (QED) is 0.132. The van der Waals surface area contributed by atoms with Crippen molar-refractivity contribution in [2.24, 2.45) is 34.3 Å². The van der Waals surface area contributed by atoms with Crippen LogP contribution in [0.4, 0.5) is 4.79 Å². The number of nitrogens with one attached hydrogen (secondary N) is 1. The lowest BCUT2D eigenvalue weighted by Gasteiger charge is -2.68. The van der Waals surface area contributed by atoms with Crippen LogP contribution in [-0.4, -0.2) is 95.2 Å². The van der Waals surface area contributed by atoms with Crippen molar-refractivity contribution in [2.75, 3.05) is 7.04 Å². The van der Waals surface area contributed by atoms with Crippen molar-refractivity contribution < 1.29 is 78.7 Å². The summed E-state index contributed by atoms with van der Waals surface area (Å²) < 4.78 is 132. The molecule has 0 radical (unpaired) electrons. The normalized spacial score (nSPS) is 35.6. The Kier molecular flexibility index (Phi) is 9.47. The smallest absolute Gasteiger partial charge is 0.408 e. The van der Waals surface area contributed by atoms with Gasteiger partial charge in [0.05, 0.1) is 27.1 Å². The van der Waals surface area contributed by atoms with Gasteiger partial charge in [-0.1, -0.05) is 69.3 Å². The molecule has 6 rings (SSSR count). The van der Waals surface area contributed by atoms with Gasteiger partial charge in [-0.25, -0.2) is 14.4 Å². The molecule has 2 aromatic carbocycles. The fraction of sp³-hybridized carbons (Fsp3) is 0.592. The summed E-state index contributed by atoms with van der Waals surface area (Å²) in [6, 6.07) is 11.0. The first-order chi connectivity index (χ1) is 34.7. The van der Waals surface area contributed by atoms with Gasteiger partial charge in [0.2, 0.25) is 6.10 Å². The zero-order valence-electron chi connectivity index (χ0n) is 48.7. The molecule has 0 spiro atoms. The number of ketones is 1. The Hall–Kier alpha value is -5.12. The highest BCUT2D eigenvalue weighted by Gasteiger charge is 2.77. The van der Waals surface area contributed by atoms with Crippen molar-refractivity contribution >= 4 is 35.8 Å². The van der Waals surface area contributed by atoms with Crippen LogP contribution >= 0.6 is 0 Å². The van der Waals surface area contributed by atoms with Crippen LogP contribution in [0.3, 0.4) is 0 Å². The predicted octanol–water partition coefficient (Wildman–Crippen LogP) is 6.10. The second-order valence-corrected chi connectivity index (χ2v) is 18.2. The average Bonchev–Trinajstić information content (AvgIpc) is 3.28. The molecule has 4 N–H and O–H groups in total. The number of hydrogen-bond acceptors (Lipinski definition) is 14. The van der Waals surface area contributed by atoms with Crippen LogP contribution in [0.15, 0.2) is 71.8 Å². The van der Waals surface area contributed by atoms with Gasteiger partial charge in [-0.3, -0.25) is 14.4 Å². The molecule has 3 fully saturated rings. The summed E-state index contributed by atoms with van der Waals surface area (Å²) >= 11 is 0. The molecule has 1 unspecified atom stereocenters. The van der Waals surface area contributed by atoms with Crippen molar-refractivity contribution in [3.05, 3.63) is 82.9 Å². The van der Waals surface area contributed by atoms with Crippen LogP contribution in [-0.2, 0) is 47.6 Å². The maximum atomic E-state index is 15.9. The molecule has 0 heterocycles. The Morgan fingerprint density at radius 1 is 0.969 bits per heavy atom. The van der Waals surface area contributed by atoms with Crippen LogP contribution < -0.4 is 11.1 Å². The molecule has 64 heavy (non-hydrogen) atoms. The van der Waals surface area contributed by atoms with Gasteiger partial charge < -0.3 is 44.6 Å². The van der Waals surface area contributed by atoms with E-state index in [1.807, 2.05) is 0 Å². The third-order valence-electron chi connectivity index (χ3n) is 14.0. The lowest BCUT2D eigenvalue weighted by Crippen LogP contribution is -2.78. The third-order valence-corrected chi connectivity index (χ3v) is 14.0. The number of benzene rings is 2. The second-order valence-electron chi connectivity index (χ2n) is 18.2. The number of fused-ring (bicyclic) bond motifs is 5. The van der Waals surface area contributed by atoms with E-state index in [1.165, 1.54) is 70.2 Å². The van der Waals surface area contributed by atoms with E-state index in [2.05, 4.69) is 5.32 Å². The highest BCUT2D eigenvalue weighted by molar-refractivity contribution is 5.92. The van der Waals surface area contributed by atoms with Crippen molar-refractivity contribution in [3.8, 4) is 0 Å². The standard InChI is InChI=1S/C49H64N2O13/c1-26-33(60-43(56)37(61-41(54)28(3)50)36(30-18-14-12-15-19-30)51-44(57)64-45(5,6)7)25-49(58)40(62-42(55)31-20-16-13-17-21-31)38-47(10,39(53)27(2)35(26)46(49,8)9)34(59-11)24-32-22-23-48(32,38)63-29(4)52/h12-21,27-28,32-34,36-38,40,58H,22-25,50H2,1-11H3,(H,51,57)/t27-,28?,32-,33+,34+,36+,37-,38+,40+,47-,48+,49-/m1/s1/i5D3,6D3,7D3,11D3. The van der Waals surface area contributed by atoms with Gasteiger partial charge in [0.1, 0.15) is 46.9 Å². The molecule has 15 nitrogen and oxygen atoms in total. The molecule has 4 aliphatic rings. The molecular formula is C49H64N2O13. The number of amides is 1. The Bertz CT molecular complexity index is 2570. The van der Waals surface area contributed by atoms with E-state index < -0.39 is 152 Å². The summed E-state index contributed by atoms with van der Waals surface area (Å²) in [5.41, 5.74) is -5.95. The minimum absolute atomic E-state index is 0.0125. The Labute approximate surface area is 391 Å². The summed E-state index contributed by atoms with van der Waals surface area (Å²) in [6.45, 7) is -2.20. The summed E-state index contributed by atoms with van der Waals surface area (Å²) in [5, 5.41) is 16.1. The largest absolute Gasteiger partial charge is 0.458 e. The van der Waals surface area contributed by atoms with Crippen molar-refractivity contribution in [2.45, 2.75) is 148 Å². The molecule has 0 aliphatic heterocycles. The monoisotopic (exact) mass is 901 g/mol. The highest BCUT2D eigenvalue weighted by atomic mass is 16.6. The van der Waals surface area contributed by atoms with Gasteiger partial charge in [0.25, 0.3) is 0 Å². The van der Waals surface area contributed by atoms with Gasteiger partial charge in [0, 0.05) is 50.0 Å². The molecule has 4 aliphatic carbocycles. The minimum Gasteiger partial charge on any atom is -0.458 e. The Morgan fingerprint density at radius 2 is 1.61 bits per heavy atom. The molecule has 12 atom stereocenters. The number of esters is 4. The number of methoxy groups -OCH3 is 1. The van der Waals surface area contributed by atoms with E-state index in [1.54, 1.807) is 32.0 Å². The lowest BCUT2D eigenvalue weighted by atomic mass is 9.40. The van der Waals surface area contributed by atoms with Crippen molar-refractivity contribution in [3.63, 3.8) is 0 Å². The molecular weight excluding hydrogens is 825 g/mol. The zero-order valence-corrected chi connectivity index (χ0v) is 36.7. The van der Waals surface area contributed by atoms with E-state index in [9.17, 15) is 24.3 Å². The minimum atomic E-state index is -4.16. The van der Waals surface area contributed by atoms with Crippen molar-refractivity contribution in [1.82, 2.24) is 5.32 Å². The molecule has 0 aromatic heterocycles.